The predicted molar refractivity (Wildman–Crippen MR) is 78.5 cm³/mol. The lowest BCUT2D eigenvalue weighted by atomic mass is 10.1. The molecule has 1 aliphatic rings. The summed E-state index contributed by atoms with van der Waals surface area (Å²) in [6.07, 6.45) is 4.22. The Labute approximate surface area is 118 Å². The number of aryl methyl sites for hydroxylation is 2. The number of aliphatic hydroxyl groups excluding tert-OH is 1. The van der Waals surface area contributed by atoms with Crippen molar-refractivity contribution in [2.75, 3.05) is 12.4 Å². The van der Waals surface area contributed by atoms with E-state index in [1.807, 2.05) is 6.92 Å². The Morgan fingerprint density at radius 1 is 1.42 bits per heavy atom. The number of nitrogens with one attached hydrogen (secondary N) is 1. The summed E-state index contributed by atoms with van der Waals surface area (Å²) in [5.74, 6) is 0.473. The van der Waals surface area contributed by atoms with Gasteiger partial charge in [0.05, 0.1) is 5.75 Å². The van der Waals surface area contributed by atoms with E-state index in [9.17, 15) is 4.79 Å². The highest BCUT2D eigenvalue weighted by Gasteiger charge is 2.12. The highest BCUT2D eigenvalue weighted by atomic mass is 32.2. The van der Waals surface area contributed by atoms with Crippen LogP contribution in [0.25, 0.3) is 0 Å². The van der Waals surface area contributed by atoms with Gasteiger partial charge in [-0.2, -0.15) is 0 Å². The van der Waals surface area contributed by atoms with Gasteiger partial charge in [0.25, 0.3) is 0 Å². The van der Waals surface area contributed by atoms with Crippen molar-refractivity contribution in [3.8, 4) is 0 Å². The molecule has 0 aliphatic heterocycles. The Hall–Kier alpha value is -1.00. The minimum atomic E-state index is 0.0337. The average Bonchev–Trinajstić information content (AvgIpc) is 2.83. The van der Waals surface area contributed by atoms with Crippen molar-refractivity contribution in [2.24, 2.45) is 0 Å². The molecule has 0 fully saturated rings. The predicted octanol–water partition coefficient (Wildman–Crippen LogP) is 2.15. The van der Waals surface area contributed by atoms with E-state index in [2.05, 4.69) is 23.5 Å². The first-order valence-electron chi connectivity index (χ1n) is 6.84. The topological polar surface area (TPSA) is 49.3 Å². The van der Waals surface area contributed by atoms with Gasteiger partial charge in [0.2, 0.25) is 5.91 Å². The van der Waals surface area contributed by atoms with Gasteiger partial charge >= 0.3 is 0 Å². The quantitative estimate of drug-likeness (QED) is 0.785. The van der Waals surface area contributed by atoms with Gasteiger partial charge in [0.15, 0.2) is 0 Å². The van der Waals surface area contributed by atoms with Crippen LogP contribution in [0.5, 0.6) is 0 Å². The molecule has 0 saturated heterocycles. The van der Waals surface area contributed by atoms with Crippen molar-refractivity contribution >= 4 is 17.7 Å². The fraction of sp³-hybridized carbons (Fsp3) is 0.533. The van der Waals surface area contributed by atoms with E-state index in [-0.39, 0.29) is 18.6 Å². The van der Waals surface area contributed by atoms with Crippen LogP contribution in [0.3, 0.4) is 0 Å². The molecule has 3 nitrogen and oxygen atoms in total. The van der Waals surface area contributed by atoms with Crippen molar-refractivity contribution in [2.45, 2.75) is 43.5 Å². The third-order valence-electron chi connectivity index (χ3n) is 3.41. The maximum absolute atomic E-state index is 11.7. The van der Waals surface area contributed by atoms with Crippen molar-refractivity contribution in [1.82, 2.24) is 5.32 Å². The summed E-state index contributed by atoms with van der Waals surface area (Å²) in [5, 5.41) is 11.7. The normalized spacial score (nSPS) is 15.1. The van der Waals surface area contributed by atoms with E-state index in [0.29, 0.717) is 12.2 Å². The Balaban J connectivity index is 1.80. The van der Waals surface area contributed by atoms with Gasteiger partial charge in [-0.15, -0.1) is 11.8 Å². The molecular formula is C15H21NO2S. The Kier molecular flexibility index (Phi) is 5.28. The minimum absolute atomic E-state index is 0.0337. The molecule has 0 aromatic heterocycles. The summed E-state index contributed by atoms with van der Waals surface area (Å²) in [4.78, 5) is 12.9. The summed E-state index contributed by atoms with van der Waals surface area (Å²) in [5.41, 5.74) is 2.91. The number of benzene rings is 1. The molecule has 19 heavy (non-hydrogen) atoms. The number of carbonyl (C=O) groups is 1. The van der Waals surface area contributed by atoms with Crippen LogP contribution in [-0.4, -0.2) is 29.4 Å². The molecule has 2 rings (SSSR count). The van der Waals surface area contributed by atoms with Gasteiger partial charge in [-0.1, -0.05) is 6.07 Å². The number of amides is 1. The summed E-state index contributed by atoms with van der Waals surface area (Å²) in [6, 6.07) is 6.56. The smallest absolute Gasteiger partial charge is 0.230 e. The molecule has 1 atom stereocenters. The molecule has 1 aromatic rings. The summed E-state index contributed by atoms with van der Waals surface area (Å²) in [6.45, 7) is 2.02. The van der Waals surface area contributed by atoms with E-state index in [1.165, 1.54) is 35.3 Å². The van der Waals surface area contributed by atoms with Crippen molar-refractivity contribution in [1.29, 1.82) is 0 Å². The first-order chi connectivity index (χ1) is 9.19. The first kappa shape index (κ1) is 14.4. The summed E-state index contributed by atoms with van der Waals surface area (Å²) >= 11 is 1.58. The Bertz CT molecular complexity index is 448. The van der Waals surface area contributed by atoms with E-state index >= 15 is 0 Å². The van der Waals surface area contributed by atoms with Crippen LogP contribution in [0.15, 0.2) is 23.1 Å². The van der Waals surface area contributed by atoms with E-state index in [1.54, 1.807) is 11.8 Å². The summed E-state index contributed by atoms with van der Waals surface area (Å²) in [7, 11) is 0. The van der Waals surface area contributed by atoms with Gasteiger partial charge in [-0.25, -0.2) is 0 Å². The molecule has 0 radical (unpaired) electrons. The number of rotatable bonds is 6. The van der Waals surface area contributed by atoms with Gasteiger partial charge < -0.3 is 10.4 Å². The fourth-order valence-corrected chi connectivity index (χ4v) is 3.14. The first-order valence-corrected chi connectivity index (χ1v) is 7.82. The molecule has 0 bridgehead atoms. The minimum Gasteiger partial charge on any atom is -0.396 e. The van der Waals surface area contributed by atoms with E-state index in [0.717, 1.165) is 0 Å². The molecule has 1 aromatic carbocycles. The molecule has 2 N–H and O–H groups in total. The molecule has 1 amide bonds. The maximum atomic E-state index is 11.7. The molecule has 0 saturated carbocycles. The summed E-state index contributed by atoms with van der Waals surface area (Å²) < 4.78 is 0. The highest BCUT2D eigenvalue weighted by molar-refractivity contribution is 8.00. The van der Waals surface area contributed by atoms with Gasteiger partial charge in [-0.3, -0.25) is 4.79 Å². The largest absolute Gasteiger partial charge is 0.396 e. The second kappa shape index (κ2) is 6.96. The third-order valence-corrected chi connectivity index (χ3v) is 4.40. The highest BCUT2D eigenvalue weighted by Crippen LogP contribution is 2.27. The zero-order valence-corrected chi connectivity index (χ0v) is 12.1. The number of carbonyl (C=O) groups excluding carboxylic acids is 1. The van der Waals surface area contributed by atoms with Crippen LogP contribution < -0.4 is 5.32 Å². The molecule has 1 aliphatic carbocycles. The number of thioether (sulfide) groups is 1. The maximum Gasteiger partial charge on any atom is 0.230 e. The fourth-order valence-electron chi connectivity index (χ4n) is 2.37. The lowest BCUT2D eigenvalue weighted by Gasteiger charge is -2.12. The van der Waals surface area contributed by atoms with Crippen LogP contribution in [0.1, 0.15) is 30.9 Å². The number of hydrogen-bond donors (Lipinski definition) is 2. The van der Waals surface area contributed by atoms with E-state index in [4.69, 9.17) is 5.11 Å². The van der Waals surface area contributed by atoms with Crippen molar-refractivity contribution in [3.63, 3.8) is 0 Å². The van der Waals surface area contributed by atoms with Gasteiger partial charge in [0.1, 0.15) is 0 Å². The van der Waals surface area contributed by atoms with Crippen molar-refractivity contribution in [3.05, 3.63) is 29.3 Å². The zero-order valence-electron chi connectivity index (χ0n) is 11.3. The lowest BCUT2D eigenvalue weighted by Crippen LogP contribution is -2.34. The third kappa shape index (κ3) is 4.25. The van der Waals surface area contributed by atoms with Crippen molar-refractivity contribution < 1.29 is 9.90 Å². The molecule has 0 spiro atoms. The van der Waals surface area contributed by atoms with Gasteiger partial charge in [0, 0.05) is 17.5 Å². The van der Waals surface area contributed by atoms with Crippen LogP contribution in [0.2, 0.25) is 0 Å². The SMILES string of the molecule is CC(CCO)NC(=O)CSc1ccc2c(c1)CCC2. The molecule has 4 heteroatoms. The Morgan fingerprint density at radius 2 is 2.21 bits per heavy atom. The zero-order chi connectivity index (χ0) is 13.7. The van der Waals surface area contributed by atoms with Crippen LogP contribution in [0, 0.1) is 0 Å². The standard InChI is InChI=1S/C15H21NO2S/c1-11(7-8-17)16-15(18)10-19-14-6-5-12-3-2-4-13(12)9-14/h5-6,9,11,17H,2-4,7-8,10H2,1H3,(H,16,18). The Morgan fingerprint density at radius 3 is 3.00 bits per heavy atom. The van der Waals surface area contributed by atoms with Crippen LogP contribution >= 0.6 is 11.8 Å². The molecular weight excluding hydrogens is 258 g/mol. The number of aliphatic hydroxyl groups is 1. The van der Waals surface area contributed by atoms with Crippen LogP contribution in [0.4, 0.5) is 0 Å². The monoisotopic (exact) mass is 279 g/mol. The molecule has 0 heterocycles. The number of fused-ring (bicyclic) bond motifs is 1. The lowest BCUT2D eigenvalue weighted by molar-refractivity contribution is -0.119. The molecule has 104 valence electrons. The van der Waals surface area contributed by atoms with Crippen LogP contribution in [-0.2, 0) is 17.6 Å². The van der Waals surface area contributed by atoms with E-state index < -0.39 is 0 Å². The number of hydrogen-bond acceptors (Lipinski definition) is 3. The second-order valence-corrected chi connectivity index (χ2v) is 6.10. The van der Waals surface area contributed by atoms with Gasteiger partial charge in [-0.05, 0) is 55.9 Å². The second-order valence-electron chi connectivity index (χ2n) is 5.05. The molecule has 1 unspecified atom stereocenters. The average molecular weight is 279 g/mol.